The Kier molecular flexibility index (Phi) is 5.29. The van der Waals surface area contributed by atoms with Crippen LogP contribution in [0.3, 0.4) is 0 Å². The normalized spacial score (nSPS) is 12.7. The monoisotopic (exact) mass is 414 g/mol. The number of carbonyl (C=O) groups excluding carboxylic acids is 3. The van der Waals surface area contributed by atoms with Crippen molar-refractivity contribution in [1.29, 1.82) is 0 Å². The third-order valence-electron chi connectivity index (χ3n) is 5.36. The van der Waals surface area contributed by atoms with Gasteiger partial charge in [-0.2, -0.15) is 0 Å². The summed E-state index contributed by atoms with van der Waals surface area (Å²) in [5, 5.41) is 2.91. The molecule has 0 radical (unpaired) electrons. The van der Waals surface area contributed by atoms with Gasteiger partial charge in [-0.1, -0.05) is 35.9 Å². The summed E-state index contributed by atoms with van der Waals surface area (Å²) in [7, 11) is 1.49. The number of anilines is 1. The molecule has 1 aliphatic rings. The Balaban J connectivity index is 1.60. The Morgan fingerprint density at radius 3 is 2.23 bits per heavy atom. The molecule has 0 unspecified atom stereocenters. The van der Waals surface area contributed by atoms with Crippen molar-refractivity contribution in [1.82, 2.24) is 4.90 Å². The lowest BCUT2D eigenvalue weighted by Crippen LogP contribution is -2.29. The van der Waals surface area contributed by atoms with Crippen molar-refractivity contribution >= 4 is 23.4 Å². The van der Waals surface area contributed by atoms with E-state index < -0.39 is 0 Å². The fraction of sp³-hybridized carbons (Fsp3) is 0.160. The second-order valence-electron chi connectivity index (χ2n) is 7.55. The molecule has 1 N–H and O–H groups in total. The van der Waals surface area contributed by atoms with Crippen molar-refractivity contribution < 1.29 is 19.1 Å². The molecule has 1 heterocycles. The molecule has 4 rings (SSSR count). The third kappa shape index (κ3) is 3.80. The fourth-order valence-electron chi connectivity index (χ4n) is 3.74. The van der Waals surface area contributed by atoms with Gasteiger partial charge in [0, 0.05) is 5.69 Å². The summed E-state index contributed by atoms with van der Waals surface area (Å²) in [4.78, 5) is 39.5. The molecule has 1 aliphatic heterocycles. The number of amides is 3. The van der Waals surface area contributed by atoms with Crippen molar-refractivity contribution in [2.45, 2.75) is 20.4 Å². The number of rotatable bonds is 5. The van der Waals surface area contributed by atoms with Crippen molar-refractivity contribution in [3.8, 4) is 5.75 Å². The van der Waals surface area contributed by atoms with Gasteiger partial charge < -0.3 is 10.1 Å². The molecule has 0 fully saturated rings. The maximum atomic E-state index is 13.0. The standard InChI is InChI=1S/C25H22N2O4/c1-15-8-10-21(16(2)12-15)26-23(28)20-13-17(9-11-22(20)31-3)14-27-24(29)18-6-4-5-7-19(18)25(27)30/h4-13H,14H2,1-3H3,(H,26,28). The summed E-state index contributed by atoms with van der Waals surface area (Å²) in [6, 6.07) is 17.6. The molecule has 3 aromatic rings. The molecular weight excluding hydrogens is 392 g/mol. The van der Waals surface area contributed by atoms with Crippen LogP contribution in [-0.4, -0.2) is 29.7 Å². The van der Waals surface area contributed by atoms with Crippen LogP contribution in [0.4, 0.5) is 5.69 Å². The van der Waals surface area contributed by atoms with E-state index in [9.17, 15) is 14.4 Å². The Morgan fingerprint density at radius 1 is 0.935 bits per heavy atom. The Morgan fingerprint density at radius 2 is 1.61 bits per heavy atom. The largest absolute Gasteiger partial charge is 0.496 e. The molecular formula is C25H22N2O4. The SMILES string of the molecule is COc1ccc(CN2C(=O)c3ccccc3C2=O)cc1C(=O)Nc1ccc(C)cc1C. The summed E-state index contributed by atoms with van der Waals surface area (Å²) in [5.74, 6) is -0.586. The van der Waals surface area contributed by atoms with Gasteiger partial charge in [-0.05, 0) is 55.3 Å². The van der Waals surface area contributed by atoms with Crippen molar-refractivity contribution in [3.05, 3.63) is 94.0 Å². The molecule has 6 heteroatoms. The summed E-state index contributed by atoms with van der Waals surface area (Å²) in [6.45, 7) is 3.99. The van der Waals surface area contributed by atoms with E-state index in [0.29, 0.717) is 33.7 Å². The topological polar surface area (TPSA) is 75.7 Å². The van der Waals surface area contributed by atoms with E-state index in [0.717, 1.165) is 11.1 Å². The molecule has 3 amide bonds. The van der Waals surface area contributed by atoms with Gasteiger partial charge >= 0.3 is 0 Å². The van der Waals surface area contributed by atoms with Crippen LogP contribution in [0.25, 0.3) is 0 Å². The summed E-state index contributed by atoms with van der Waals surface area (Å²) < 4.78 is 5.36. The Bertz CT molecular complexity index is 1180. The molecule has 0 bridgehead atoms. The Labute approximate surface area is 180 Å². The molecule has 6 nitrogen and oxygen atoms in total. The van der Waals surface area contributed by atoms with Crippen LogP contribution >= 0.6 is 0 Å². The number of hydrogen-bond acceptors (Lipinski definition) is 4. The number of imide groups is 1. The van der Waals surface area contributed by atoms with E-state index in [1.54, 1.807) is 42.5 Å². The highest BCUT2D eigenvalue weighted by atomic mass is 16.5. The van der Waals surface area contributed by atoms with Crippen LogP contribution in [0, 0.1) is 13.8 Å². The minimum Gasteiger partial charge on any atom is -0.496 e. The summed E-state index contributed by atoms with van der Waals surface area (Å²) >= 11 is 0. The van der Waals surface area contributed by atoms with Crippen LogP contribution in [-0.2, 0) is 6.54 Å². The fourth-order valence-corrected chi connectivity index (χ4v) is 3.74. The minimum atomic E-state index is -0.335. The first-order chi connectivity index (χ1) is 14.9. The Hall–Kier alpha value is -3.93. The van der Waals surface area contributed by atoms with E-state index >= 15 is 0 Å². The van der Waals surface area contributed by atoms with Gasteiger partial charge in [-0.15, -0.1) is 0 Å². The molecule has 3 aromatic carbocycles. The smallest absolute Gasteiger partial charge is 0.261 e. The second-order valence-corrected chi connectivity index (χ2v) is 7.55. The molecule has 31 heavy (non-hydrogen) atoms. The molecule has 0 aliphatic carbocycles. The van der Waals surface area contributed by atoms with Gasteiger partial charge in [0.2, 0.25) is 0 Å². The molecule has 0 aromatic heterocycles. The number of hydrogen-bond donors (Lipinski definition) is 1. The lowest BCUT2D eigenvalue weighted by atomic mass is 10.1. The number of benzene rings is 3. The van der Waals surface area contributed by atoms with Crippen molar-refractivity contribution in [2.24, 2.45) is 0 Å². The molecule has 156 valence electrons. The second kappa shape index (κ2) is 8.07. The van der Waals surface area contributed by atoms with E-state index in [2.05, 4.69) is 5.32 Å². The highest BCUT2D eigenvalue weighted by Crippen LogP contribution is 2.27. The van der Waals surface area contributed by atoms with Gasteiger partial charge in [0.15, 0.2) is 0 Å². The zero-order valence-corrected chi connectivity index (χ0v) is 17.6. The number of nitrogens with one attached hydrogen (secondary N) is 1. The van der Waals surface area contributed by atoms with Crippen molar-refractivity contribution in [2.75, 3.05) is 12.4 Å². The van der Waals surface area contributed by atoms with Gasteiger partial charge in [-0.3, -0.25) is 19.3 Å². The minimum absolute atomic E-state index is 0.0696. The average Bonchev–Trinajstić information content (AvgIpc) is 3.00. The predicted molar refractivity (Wildman–Crippen MR) is 118 cm³/mol. The summed E-state index contributed by atoms with van der Waals surface area (Å²) in [5.41, 5.74) is 4.55. The number of fused-ring (bicyclic) bond motifs is 1. The third-order valence-corrected chi connectivity index (χ3v) is 5.36. The average molecular weight is 414 g/mol. The van der Waals surface area contributed by atoms with Gasteiger partial charge in [0.25, 0.3) is 17.7 Å². The number of nitrogens with zero attached hydrogens (tertiary/aromatic N) is 1. The number of aryl methyl sites for hydroxylation is 2. The lowest BCUT2D eigenvalue weighted by Gasteiger charge is -2.16. The van der Waals surface area contributed by atoms with E-state index in [1.165, 1.54) is 12.0 Å². The molecule has 0 atom stereocenters. The lowest BCUT2D eigenvalue weighted by molar-refractivity contribution is 0.0642. The number of methoxy groups -OCH3 is 1. The predicted octanol–water partition coefficient (Wildman–Crippen LogP) is 4.36. The number of ether oxygens (including phenoxy) is 1. The first-order valence-electron chi connectivity index (χ1n) is 9.90. The molecule has 0 saturated carbocycles. The molecule has 0 spiro atoms. The summed E-state index contributed by atoms with van der Waals surface area (Å²) in [6.07, 6.45) is 0. The zero-order valence-electron chi connectivity index (χ0n) is 17.6. The highest BCUT2D eigenvalue weighted by molar-refractivity contribution is 6.21. The van der Waals surface area contributed by atoms with Crippen molar-refractivity contribution in [3.63, 3.8) is 0 Å². The zero-order chi connectivity index (χ0) is 22.1. The van der Waals surface area contributed by atoms with E-state index in [-0.39, 0.29) is 24.3 Å². The quantitative estimate of drug-likeness (QED) is 0.630. The van der Waals surface area contributed by atoms with Crippen LogP contribution in [0.2, 0.25) is 0 Å². The highest BCUT2D eigenvalue weighted by Gasteiger charge is 2.35. The molecule has 0 saturated heterocycles. The van der Waals surface area contributed by atoms with Gasteiger partial charge in [0.05, 0.1) is 30.3 Å². The van der Waals surface area contributed by atoms with Crippen LogP contribution in [0.5, 0.6) is 5.75 Å². The number of carbonyl (C=O) groups is 3. The van der Waals surface area contributed by atoms with E-state index in [4.69, 9.17) is 4.74 Å². The first-order valence-corrected chi connectivity index (χ1v) is 9.90. The van der Waals surface area contributed by atoms with E-state index in [1.807, 2.05) is 32.0 Å². The van der Waals surface area contributed by atoms with Crippen LogP contribution in [0.1, 0.15) is 47.8 Å². The maximum absolute atomic E-state index is 13.0. The maximum Gasteiger partial charge on any atom is 0.261 e. The van der Waals surface area contributed by atoms with Crippen LogP contribution in [0.15, 0.2) is 60.7 Å². The van der Waals surface area contributed by atoms with Gasteiger partial charge in [-0.25, -0.2) is 0 Å². The van der Waals surface area contributed by atoms with Crippen LogP contribution < -0.4 is 10.1 Å². The van der Waals surface area contributed by atoms with Gasteiger partial charge in [0.1, 0.15) is 5.75 Å². The first kappa shape index (κ1) is 20.3.